The zero-order valence-electron chi connectivity index (χ0n) is 33.9. The number of methoxy groups -OCH3 is 1. The summed E-state index contributed by atoms with van der Waals surface area (Å²) in [6.07, 6.45) is 11.8. The highest BCUT2D eigenvalue weighted by Crippen LogP contribution is 2.47. The Kier molecular flexibility index (Phi) is 14.0. The summed E-state index contributed by atoms with van der Waals surface area (Å²) < 4.78 is 72.8. The fourth-order valence-electron chi connectivity index (χ4n) is 7.60. The molecule has 61 heavy (non-hydrogen) atoms. The van der Waals surface area contributed by atoms with Crippen molar-refractivity contribution >= 4 is 82.7 Å². The second-order valence-electron chi connectivity index (χ2n) is 14.9. The lowest BCUT2D eigenvalue weighted by molar-refractivity contribution is -0.669. The molecule has 318 valence electrons. The van der Waals surface area contributed by atoms with Gasteiger partial charge in [-0.05, 0) is 116 Å². The Hall–Kier alpha value is -5.03. The summed E-state index contributed by atoms with van der Waals surface area (Å²) in [5.74, 6) is -1.06. The van der Waals surface area contributed by atoms with Gasteiger partial charge in [0.25, 0.3) is 25.2 Å². The molecular weight excluding hydrogens is 851 g/mol. The molecule has 0 radical (unpaired) electrons. The van der Waals surface area contributed by atoms with Crippen LogP contribution in [0.2, 0.25) is 0 Å². The number of fused-ring (bicyclic) bond motifs is 2. The molecule has 7 rings (SSSR count). The predicted octanol–water partition coefficient (Wildman–Crippen LogP) is 9.90. The highest BCUT2D eigenvalue weighted by atomic mass is 32.2. The zero-order valence-corrected chi connectivity index (χ0v) is 37.2. The molecule has 15 heteroatoms. The third-order valence-electron chi connectivity index (χ3n) is 10.5. The van der Waals surface area contributed by atoms with Crippen LogP contribution in [0.3, 0.4) is 0 Å². The van der Waals surface area contributed by atoms with E-state index >= 15 is 0 Å². The standard InChI is InChI=1S/C46H47N3O8S4/c1-33-17-23-41-39(31-33)47(27-9-11-29-60(51,52)53)43(58-41)25-21-34-18-19-35(45(34)49(37-13-5-3-6-14-37)38-15-7-4-8-16-38)22-26-44-48(28-10-12-30-61(54,55)56)40-32-36(46(50)57-2)20-24-42(40)59-44/h3-8,13-17,20-26,31-32H,9-12,18-19,27-30H2,1-2H3,(H-,51,52,53,54,55,56)/p+1. The van der Waals surface area contributed by atoms with E-state index in [1.807, 2.05) is 42.5 Å². The number of allylic oxidation sites excluding steroid dienone is 5. The van der Waals surface area contributed by atoms with Gasteiger partial charge < -0.3 is 14.5 Å². The normalized spacial score (nSPS) is 15.8. The van der Waals surface area contributed by atoms with Crippen LogP contribution < -0.4 is 14.4 Å². The maximum atomic E-state index is 12.5. The van der Waals surface area contributed by atoms with Gasteiger partial charge >= 0.3 is 5.97 Å². The molecule has 0 saturated carbocycles. The Morgan fingerprint density at radius 2 is 1.49 bits per heavy atom. The molecule has 1 aliphatic heterocycles. The molecule has 1 aromatic heterocycles. The van der Waals surface area contributed by atoms with Gasteiger partial charge in [-0.3, -0.25) is 9.11 Å². The van der Waals surface area contributed by atoms with E-state index in [9.17, 15) is 30.7 Å². The third-order valence-corrected chi connectivity index (χ3v) is 14.4. The number of thiazole rings is 1. The van der Waals surface area contributed by atoms with Crippen molar-refractivity contribution in [3.63, 3.8) is 0 Å². The van der Waals surface area contributed by atoms with E-state index in [1.54, 1.807) is 35.2 Å². The van der Waals surface area contributed by atoms with Crippen molar-refractivity contribution in [3.05, 3.63) is 153 Å². The van der Waals surface area contributed by atoms with Crippen molar-refractivity contribution in [2.24, 2.45) is 0 Å². The van der Waals surface area contributed by atoms with Gasteiger partial charge in [0.05, 0.1) is 40.6 Å². The first-order valence-electron chi connectivity index (χ1n) is 20.0. The van der Waals surface area contributed by atoms with Crippen LogP contribution >= 0.6 is 23.1 Å². The average molecular weight is 899 g/mol. The minimum Gasteiger partial charge on any atom is -0.465 e. The molecule has 2 heterocycles. The summed E-state index contributed by atoms with van der Waals surface area (Å²) in [5.41, 5.74) is 8.75. The van der Waals surface area contributed by atoms with E-state index in [0.717, 1.165) is 77.5 Å². The fourth-order valence-corrected chi connectivity index (χ4v) is 10.9. The number of ether oxygens (including phenoxy) is 1. The van der Waals surface area contributed by atoms with Gasteiger partial charge in [-0.1, -0.05) is 71.6 Å². The lowest BCUT2D eigenvalue weighted by atomic mass is 10.1. The van der Waals surface area contributed by atoms with Crippen molar-refractivity contribution in [2.75, 3.05) is 35.0 Å². The molecule has 0 fully saturated rings. The first kappa shape index (κ1) is 44.0. The second kappa shape index (κ2) is 19.3. The maximum absolute atomic E-state index is 12.5. The van der Waals surface area contributed by atoms with Crippen LogP contribution in [0.25, 0.3) is 16.3 Å². The second-order valence-corrected chi connectivity index (χ2v) is 20.2. The van der Waals surface area contributed by atoms with Gasteiger partial charge in [0.1, 0.15) is 4.70 Å². The van der Waals surface area contributed by atoms with Crippen LogP contribution in [-0.2, 0) is 31.5 Å². The smallest absolute Gasteiger partial charge is 0.338 e. The monoisotopic (exact) mass is 898 g/mol. The number of benzene rings is 4. The number of nitrogens with zero attached hydrogens (tertiary/aromatic N) is 3. The van der Waals surface area contributed by atoms with Gasteiger partial charge in [-0.15, -0.1) is 0 Å². The van der Waals surface area contributed by atoms with E-state index in [4.69, 9.17) is 4.74 Å². The molecule has 0 spiro atoms. The molecule has 1 aliphatic carbocycles. The number of aryl methyl sites for hydroxylation is 2. The topological polar surface area (TPSA) is 145 Å². The van der Waals surface area contributed by atoms with E-state index in [0.29, 0.717) is 37.9 Å². The summed E-state index contributed by atoms with van der Waals surface area (Å²) >= 11 is 3.26. The summed E-state index contributed by atoms with van der Waals surface area (Å²) in [6, 6.07) is 32.3. The molecule has 0 bridgehead atoms. The van der Waals surface area contributed by atoms with Crippen LogP contribution in [0.1, 0.15) is 59.5 Å². The lowest BCUT2D eigenvalue weighted by Gasteiger charge is -2.28. The third kappa shape index (κ3) is 11.1. The van der Waals surface area contributed by atoms with Gasteiger partial charge in [0.2, 0.25) is 5.52 Å². The number of carbonyl (C=O) groups excluding carboxylic acids is 1. The predicted molar refractivity (Wildman–Crippen MR) is 246 cm³/mol. The lowest BCUT2D eigenvalue weighted by Crippen LogP contribution is -2.35. The first-order valence-corrected chi connectivity index (χ1v) is 24.9. The summed E-state index contributed by atoms with van der Waals surface area (Å²) in [4.78, 5) is 18.2. The minimum absolute atomic E-state index is 0.274. The highest BCUT2D eigenvalue weighted by molar-refractivity contribution is 8.03. The number of aromatic nitrogens is 1. The number of thioether (sulfide) groups is 1. The zero-order chi connectivity index (χ0) is 43.1. The minimum atomic E-state index is -4.10. The number of hydrogen-bond acceptors (Lipinski definition) is 10. The van der Waals surface area contributed by atoms with Gasteiger partial charge in [0.15, 0.2) is 6.54 Å². The van der Waals surface area contributed by atoms with E-state index in [-0.39, 0.29) is 17.9 Å². The molecule has 5 aromatic rings. The van der Waals surface area contributed by atoms with Crippen LogP contribution in [0, 0.1) is 6.92 Å². The Balaban J connectivity index is 1.32. The Bertz CT molecular complexity index is 2720. The SMILES string of the molecule is COC(=O)c1ccc2sc(/C=C/C3=C(N(c4ccccc4)c4ccccc4)C(=C/C=C4\Sc5ccc(C)cc5N4CCCCS(=O)(=O)O)/CC3)[n+](CCCCS(=O)(=O)O)c2c1. The molecule has 2 aliphatic rings. The molecule has 2 N–H and O–H groups in total. The van der Waals surface area contributed by atoms with Crippen molar-refractivity contribution in [3.8, 4) is 0 Å². The van der Waals surface area contributed by atoms with Crippen molar-refractivity contribution in [2.45, 2.75) is 56.9 Å². The molecule has 0 saturated heterocycles. The Morgan fingerprint density at radius 3 is 2.15 bits per heavy atom. The van der Waals surface area contributed by atoms with E-state index < -0.39 is 26.2 Å². The number of rotatable bonds is 17. The van der Waals surface area contributed by atoms with Crippen molar-refractivity contribution in [1.82, 2.24) is 0 Å². The van der Waals surface area contributed by atoms with Gasteiger partial charge in [0, 0.05) is 41.4 Å². The van der Waals surface area contributed by atoms with E-state index in [1.165, 1.54) is 7.11 Å². The van der Waals surface area contributed by atoms with Gasteiger partial charge in [-0.2, -0.15) is 21.4 Å². The quantitative estimate of drug-likeness (QED) is 0.0398. The van der Waals surface area contributed by atoms with Crippen LogP contribution in [0.5, 0.6) is 0 Å². The van der Waals surface area contributed by atoms with E-state index in [2.05, 4.69) is 88.1 Å². The summed E-state index contributed by atoms with van der Waals surface area (Å²) in [7, 11) is -6.80. The maximum Gasteiger partial charge on any atom is 0.338 e. The molecule has 4 aromatic carbocycles. The number of unbranched alkanes of at least 4 members (excludes halogenated alkanes) is 2. The fraction of sp³-hybridized carbons (Fsp3) is 0.261. The molecule has 0 amide bonds. The molecule has 11 nitrogen and oxygen atoms in total. The first-order chi connectivity index (χ1) is 29.3. The number of carbonyl (C=O) groups is 1. The number of anilines is 3. The number of para-hydroxylation sites is 2. The summed E-state index contributed by atoms with van der Waals surface area (Å²) in [5, 5.41) is 1.95. The Morgan fingerprint density at radius 1 is 0.820 bits per heavy atom. The Labute approximate surface area is 365 Å². The molecule has 0 atom stereocenters. The van der Waals surface area contributed by atoms with Crippen molar-refractivity contribution < 1.29 is 40.0 Å². The average Bonchev–Trinajstić information content (AvgIpc) is 3.91. The van der Waals surface area contributed by atoms with Crippen LogP contribution in [0.15, 0.2) is 142 Å². The van der Waals surface area contributed by atoms with Gasteiger partial charge in [-0.25, -0.2) is 4.79 Å². The summed E-state index contributed by atoms with van der Waals surface area (Å²) in [6.45, 7) is 3.12. The highest BCUT2D eigenvalue weighted by Gasteiger charge is 2.29. The number of hydrogen-bond donors (Lipinski definition) is 2. The largest absolute Gasteiger partial charge is 0.465 e. The van der Waals surface area contributed by atoms with Crippen LogP contribution in [0.4, 0.5) is 17.1 Å². The number of esters is 1. The van der Waals surface area contributed by atoms with Crippen molar-refractivity contribution in [1.29, 1.82) is 0 Å². The molecule has 0 unspecified atom stereocenters. The van der Waals surface area contributed by atoms with Crippen LogP contribution in [-0.4, -0.2) is 57.1 Å². The molecular formula is C46H48N3O8S4+.